The van der Waals surface area contributed by atoms with E-state index in [0.29, 0.717) is 0 Å². The highest BCUT2D eigenvalue weighted by atomic mass is 35.5. The van der Waals surface area contributed by atoms with Crippen LogP contribution >= 0.6 is 12.4 Å². The Hall–Kier alpha value is -1.86. The van der Waals surface area contributed by atoms with E-state index in [1.807, 2.05) is 0 Å². The number of nitrogens with one attached hydrogen (secondary N) is 2. The Kier molecular flexibility index (Phi) is 5.72. The topological polar surface area (TPSA) is 104 Å². The van der Waals surface area contributed by atoms with E-state index >= 15 is 0 Å². The molecular weight excluding hydrogens is 286 g/mol. The monoisotopic (exact) mass is 301 g/mol. The van der Waals surface area contributed by atoms with E-state index in [1.165, 1.54) is 6.07 Å². The Morgan fingerprint density at radius 1 is 1.40 bits per heavy atom. The number of nitro groups is 1. The molecule has 1 fully saturated rings. The van der Waals surface area contributed by atoms with E-state index in [9.17, 15) is 20.0 Å². The molecule has 1 aromatic carbocycles. The van der Waals surface area contributed by atoms with Crippen LogP contribution in [-0.4, -0.2) is 35.1 Å². The van der Waals surface area contributed by atoms with Crippen molar-refractivity contribution in [3.8, 4) is 5.75 Å². The molecule has 0 aliphatic carbocycles. The lowest BCUT2D eigenvalue weighted by atomic mass is 10.1. The number of halogens is 1. The number of benzene rings is 1. The molecule has 0 radical (unpaired) electrons. The predicted octanol–water partition coefficient (Wildman–Crippen LogP) is 1.20. The molecule has 1 amide bonds. The number of carbonyl (C=O) groups excluding carboxylic acids is 1. The SMILES string of the molecule is Cl.O=C(NC1CCNCC1)c1ccc([N+](=O)[O-])c(O)c1. The van der Waals surface area contributed by atoms with Gasteiger partial charge in [0.1, 0.15) is 0 Å². The number of piperidine rings is 1. The van der Waals surface area contributed by atoms with Crippen molar-refractivity contribution in [3.05, 3.63) is 33.9 Å². The van der Waals surface area contributed by atoms with Crippen molar-refractivity contribution in [3.63, 3.8) is 0 Å². The largest absolute Gasteiger partial charge is 0.502 e. The number of hydrogen-bond acceptors (Lipinski definition) is 5. The van der Waals surface area contributed by atoms with Crippen molar-refractivity contribution in [2.24, 2.45) is 0 Å². The van der Waals surface area contributed by atoms with Gasteiger partial charge in [-0.25, -0.2) is 0 Å². The fraction of sp³-hybridized carbons (Fsp3) is 0.417. The number of phenolic OH excluding ortho intramolecular Hbond substituents is 1. The molecule has 1 saturated heterocycles. The van der Waals surface area contributed by atoms with Crippen LogP contribution in [0.2, 0.25) is 0 Å². The molecule has 8 heteroatoms. The molecular formula is C12H16ClN3O4. The molecule has 0 unspecified atom stereocenters. The molecule has 0 spiro atoms. The number of nitrogens with zero attached hydrogens (tertiary/aromatic N) is 1. The summed E-state index contributed by atoms with van der Waals surface area (Å²) in [6.45, 7) is 1.72. The zero-order chi connectivity index (χ0) is 13.8. The van der Waals surface area contributed by atoms with Crippen LogP contribution in [-0.2, 0) is 0 Å². The molecule has 1 aromatic rings. The van der Waals surface area contributed by atoms with Crippen molar-refractivity contribution < 1.29 is 14.8 Å². The summed E-state index contributed by atoms with van der Waals surface area (Å²) in [5.41, 5.74) is -0.181. The molecule has 110 valence electrons. The molecule has 20 heavy (non-hydrogen) atoms. The van der Waals surface area contributed by atoms with Gasteiger partial charge in [0.15, 0.2) is 5.75 Å². The highest BCUT2D eigenvalue weighted by Crippen LogP contribution is 2.26. The second-order valence-corrected chi connectivity index (χ2v) is 4.46. The van der Waals surface area contributed by atoms with Crippen molar-refractivity contribution in [2.45, 2.75) is 18.9 Å². The predicted molar refractivity (Wildman–Crippen MR) is 75.4 cm³/mol. The Morgan fingerprint density at radius 2 is 2.05 bits per heavy atom. The number of phenols is 1. The summed E-state index contributed by atoms with van der Waals surface area (Å²) in [5.74, 6) is -0.819. The number of rotatable bonds is 3. The Balaban J connectivity index is 0.00000200. The summed E-state index contributed by atoms with van der Waals surface area (Å²) in [4.78, 5) is 21.8. The summed E-state index contributed by atoms with van der Waals surface area (Å²) < 4.78 is 0. The number of aromatic hydroxyl groups is 1. The highest BCUT2D eigenvalue weighted by molar-refractivity contribution is 5.95. The van der Waals surface area contributed by atoms with E-state index in [1.54, 1.807) is 0 Å². The molecule has 0 aromatic heterocycles. The Morgan fingerprint density at radius 3 is 2.60 bits per heavy atom. The molecule has 1 heterocycles. The quantitative estimate of drug-likeness (QED) is 0.575. The third-order valence-corrected chi connectivity index (χ3v) is 3.11. The molecule has 1 aliphatic rings. The summed E-state index contributed by atoms with van der Waals surface area (Å²) in [6.07, 6.45) is 1.70. The summed E-state index contributed by atoms with van der Waals surface area (Å²) >= 11 is 0. The van der Waals surface area contributed by atoms with Gasteiger partial charge < -0.3 is 15.7 Å². The van der Waals surface area contributed by atoms with E-state index in [2.05, 4.69) is 10.6 Å². The van der Waals surface area contributed by atoms with E-state index < -0.39 is 16.4 Å². The summed E-state index contributed by atoms with van der Waals surface area (Å²) in [7, 11) is 0. The number of nitro benzene ring substituents is 1. The molecule has 0 bridgehead atoms. The summed E-state index contributed by atoms with van der Waals surface area (Å²) in [5, 5.41) is 26.1. The first-order valence-electron chi connectivity index (χ1n) is 6.07. The zero-order valence-corrected chi connectivity index (χ0v) is 11.5. The first-order valence-corrected chi connectivity index (χ1v) is 6.07. The third-order valence-electron chi connectivity index (χ3n) is 3.11. The smallest absolute Gasteiger partial charge is 0.310 e. The van der Waals surface area contributed by atoms with Gasteiger partial charge in [0, 0.05) is 17.7 Å². The number of hydrogen-bond donors (Lipinski definition) is 3. The fourth-order valence-corrected chi connectivity index (χ4v) is 2.05. The van der Waals surface area contributed by atoms with Gasteiger partial charge in [0.05, 0.1) is 4.92 Å². The van der Waals surface area contributed by atoms with E-state index in [-0.39, 0.29) is 29.9 Å². The maximum Gasteiger partial charge on any atom is 0.310 e. The van der Waals surface area contributed by atoms with Gasteiger partial charge in [-0.15, -0.1) is 12.4 Å². The van der Waals surface area contributed by atoms with Gasteiger partial charge in [-0.05, 0) is 38.1 Å². The van der Waals surface area contributed by atoms with Gasteiger partial charge in [-0.3, -0.25) is 14.9 Å². The van der Waals surface area contributed by atoms with Gasteiger partial charge in [-0.2, -0.15) is 0 Å². The van der Waals surface area contributed by atoms with Crippen LogP contribution in [0.4, 0.5) is 5.69 Å². The highest BCUT2D eigenvalue weighted by Gasteiger charge is 2.19. The molecule has 0 saturated carbocycles. The Bertz CT molecular complexity index is 503. The third kappa shape index (κ3) is 3.82. The standard InChI is InChI=1S/C12H15N3O4.ClH/c16-11-7-8(1-2-10(11)15(18)19)12(17)14-9-3-5-13-6-4-9;/h1-2,7,9,13,16H,3-6H2,(H,14,17);1H. The van der Waals surface area contributed by atoms with Crippen LogP contribution in [0.3, 0.4) is 0 Å². The van der Waals surface area contributed by atoms with Gasteiger partial charge in [-0.1, -0.05) is 0 Å². The molecule has 2 rings (SSSR count). The minimum absolute atomic E-state index is 0. The molecule has 0 atom stereocenters. The van der Waals surface area contributed by atoms with Gasteiger partial charge in [0.2, 0.25) is 0 Å². The molecule has 3 N–H and O–H groups in total. The molecule has 1 aliphatic heterocycles. The average molecular weight is 302 g/mol. The van der Waals surface area contributed by atoms with E-state index in [0.717, 1.165) is 38.1 Å². The first kappa shape index (κ1) is 16.2. The van der Waals surface area contributed by atoms with Crippen molar-refractivity contribution in [2.75, 3.05) is 13.1 Å². The van der Waals surface area contributed by atoms with Crippen LogP contribution in [0.15, 0.2) is 18.2 Å². The van der Waals surface area contributed by atoms with Crippen LogP contribution in [0.25, 0.3) is 0 Å². The van der Waals surface area contributed by atoms with Crippen LogP contribution < -0.4 is 10.6 Å². The maximum atomic E-state index is 11.9. The fourth-order valence-electron chi connectivity index (χ4n) is 2.05. The van der Waals surface area contributed by atoms with Crippen LogP contribution in [0, 0.1) is 10.1 Å². The number of amides is 1. The van der Waals surface area contributed by atoms with Crippen molar-refractivity contribution in [1.82, 2.24) is 10.6 Å². The van der Waals surface area contributed by atoms with Crippen molar-refractivity contribution >= 4 is 24.0 Å². The molecule has 7 nitrogen and oxygen atoms in total. The first-order chi connectivity index (χ1) is 9.08. The second kappa shape index (κ2) is 7.06. The maximum absolute atomic E-state index is 11.9. The summed E-state index contributed by atoms with van der Waals surface area (Å²) in [6, 6.07) is 3.70. The van der Waals surface area contributed by atoms with Crippen LogP contribution in [0.5, 0.6) is 5.75 Å². The zero-order valence-electron chi connectivity index (χ0n) is 10.7. The van der Waals surface area contributed by atoms with Gasteiger partial charge >= 0.3 is 5.69 Å². The Labute approximate surface area is 121 Å². The minimum atomic E-state index is -0.691. The van der Waals surface area contributed by atoms with Crippen LogP contribution in [0.1, 0.15) is 23.2 Å². The number of carbonyl (C=O) groups is 1. The second-order valence-electron chi connectivity index (χ2n) is 4.46. The lowest BCUT2D eigenvalue weighted by Crippen LogP contribution is -2.42. The normalized spacial score (nSPS) is 15.2. The van der Waals surface area contributed by atoms with E-state index in [4.69, 9.17) is 0 Å². The lowest BCUT2D eigenvalue weighted by molar-refractivity contribution is -0.385. The minimum Gasteiger partial charge on any atom is -0.502 e. The van der Waals surface area contributed by atoms with Crippen molar-refractivity contribution in [1.29, 1.82) is 0 Å². The lowest BCUT2D eigenvalue weighted by Gasteiger charge is -2.23. The van der Waals surface area contributed by atoms with Gasteiger partial charge in [0.25, 0.3) is 5.91 Å². The average Bonchev–Trinajstić information content (AvgIpc) is 2.39.